The van der Waals surface area contributed by atoms with E-state index in [9.17, 15) is 13.2 Å². The molecular formula is C27H33NO6S. The SMILES string of the molecule is CC#CCOc1ccc(S(=O)(=O)C(CC)C(=O)OC2CCN(Cc3ccc(OC)cc3)CC2)cc1. The summed E-state index contributed by atoms with van der Waals surface area (Å²) in [7, 11) is -2.23. The van der Waals surface area contributed by atoms with Crippen molar-refractivity contribution in [3.05, 3.63) is 54.1 Å². The van der Waals surface area contributed by atoms with Crippen LogP contribution in [-0.2, 0) is 25.9 Å². The largest absolute Gasteiger partial charge is 0.497 e. The second-order valence-corrected chi connectivity index (χ2v) is 10.5. The Morgan fingerprint density at radius 2 is 1.69 bits per heavy atom. The van der Waals surface area contributed by atoms with Crippen molar-refractivity contribution in [3.63, 3.8) is 0 Å². The summed E-state index contributed by atoms with van der Waals surface area (Å²) in [6.45, 7) is 5.98. The van der Waals surface area contributed by atoms with Gasteiger partial charge in [0.2, 0.25) is 0 Å². The first-order valence-electron chi connectivity index (χ1n) is 11.8. The molecule has 1 unspecified atom stereocenters. The summed E-state index contributed by atoms with van der Waals surface area (Å²) in [5.74, 6) is 6.17. The highest BCUT2D eigenvalue weighted by atomic mass is 32.2. The van der Waals surface area contributed by atoms with Gasteiger partial charge in [0.25, 0.3) is 0 Å². The Kier molecular flexibility index (Phi) is 9.58. The Balaban J connectivity index is 1.54. The van der Waals surface area contributed by atoms with Crippen LogP contribution in [0.1, 0.15) is 38.7 Å². The molecule has 1 atom stereocenters. The monoisotopic (exact) mass is 499 g/mol. The third-order valence-electron chi connectivity index (χ3n) is 6.03. The quantitative estimate of drug-likeness (QED) is 0.363. The van der Waals surface area contributed by atoms with Crippen LogP contribution in [0.4, 0.5) is 0 Å². The van der Waals surface area contributed by atoms with E-state index >= 15 is 0 Å². The van der Waals surface area contributed by atoms with Gasteiger partial charge in [-0.2, -0.15) is 0 Å². The molecule has 1 heterocycles. The van der Waals surface area contributed by atoms with Crippen LogP contribution in [0.5, 0.6) is 11.5 Å². The molecule has 3 rings (SSSR count). The first-order valence-corrected chi connectivity index (χ1v) is 13.3. The van der Waals surface area contributed by atoms with Gasteiger partial charge in [0.05, 0.1) is 12.0 Å². The molecule has 1 saturated heterocycles. The molecule has 0 saturated carbocycles. The summed E-state index contributed by atoms with van der Waals surface area (Å²) in [5.41, 5.74) is 1.19. The number of hydrogen-bond acceptors (Lipinski definition) is 7. The van der Waals surface area contributed by atoms with Gasteiger partial charge in [-0.15, -0.1) is 5.92 Å². The number of carbonyl (C=O) groups is 1. The molecule has 0 N–H and O–H groups in total. The average Bonchev–Trinajstić information content (AvgIpc) is 2.86. The maximum absolute atomic E-state index is 13.1. The van der Waals surface area contributed by atoms with Crippen LogP contribution in [0.15, 0.2) is 53.4 Å². The first kappa shape index (κ1) is 26.6. The van der Waals surface area contributed by atoms with Gasteiger partial charge >= 0.3 is 5.97 Å². The van der Waals surface area contributed by atoms with Crippen molar-refractivity contribution in [2.75, 3.05) is 26.8 Å². The minimum Gasteiger partial charge on any atom is -0.497 e. The van der Waals surface area contributed by atoms with Crippen LogP contribution in [0.2, 0.25) is 0 Å². The van der Waals surface area contributed by atoms with Gasteiger partial charge in [-0.05, 0) is 68.1 Å². The van der Waals surface area contributed by atoms with Gasteiger partial charge in [0.1, 0.15) is 24.2 Å². The molecule has 0 amide bonds. The van der Waals surface area contributed by atoms with Gasteiger partial charge in [-0.3, -0.25) is 9.69 Å². The Morgan fingerprint density at radius 1 is 1.06 bits per heavy atom. The number of piperidine rings is 1. The van der Waals surface area contributed by atoms with Crippen LogP contribution in [0.3, 0.4) is 0 Å². The number of likely N-dealkylation sites (tertiary alicyclic amines) is 1. The number of nitrogens with zero attached hydrogens (tertiary/aromatic N) is 1. The molecule has 0 aromatic heterocycles. The maximum atomic E-state index is 13.1. The predicted molar refractivity (Wildman–Crippen MR) is 134 cm³/mol. The molecule has 0 bridgehead atoms. The highest BCUT2D eigenvalue weighted by molar-refractivity contribution is 7.92. The third kappa shape index (κ3) is 7.23. The summed E-state index contributed by atoms with van der Waals surface area (Å²) in [6, 6.07) is 14.0. The minimum absolute atomic E-state index is 0.0736. The number of methoxy groups -OCH3 is 1. The second-order valence-electron chi connectivity index (χ2n) is 8.39. The lowest BCUT2D eigenvalue weighted by molar-refractivity contribution is -0.150. The van der Waals surface area contributed by atoms with Crippen molar-refractivity contribution in [1.29, 1.82) is 0 Å². The standard InChI is InChI=1S/C27H33NO6S/c1-4-6-19-33-23-11-13-25(14-12-23)35(30,31)26(5-2)27(29)34-24-15-17-28(18-16-24)20-21-7-9-22(32-3)10-8-21/h7-14,24,26H,5,15-20H2,1-3H3. The Hall–Kier alpha value is -3.02. The third-order valence-corrected chi connectivity index (χ3v) is 8.24. The van der Waals surface area contributed by atoms with Gasteiger partial charge in [-0.1, -0.05) is 25.0 Å². The van der Waals surface area contributed by atoms with E-state index in [0.29, 0.717) is 18.6 Å². The Labute approximate surface area is 208 Å². The average molecular weight is 500 g/mol. The number of hydrogen-bond donors (Lipinski definition) is 0. The van der Waals surface area contributed by atoms with E-state index in [1.54, 1.807) is 33.1 Å². The van der Waals surface area contributed by atoms with Crippen molar-refractivity contribution in [2.24, 2.45) is 0 Å². The van der Waals surface area contributed by atoms with Crippen LogP contribution in [-0.4, -0.2) is 57.4 Å². The number of carbonyl (C=O) groups excluding carboxylic acids is 1. The molecule has 188 valence electrons. The lowest BCUT2D eigenvalue weighted by atomic mass is 10.1. The number of esters is 1. The zero-order chi connectivity index (χ0) is 25.3. The predicted octanol–water partition coefficient (Wildman–Crippen LogP) is 3.86. The van der Waals surface area contributed by atoms with Crippen LogP contribution < -0.4 is 9.47 Å². The van der Waals surface area contributed by atoms with E-state index in [-0.39, 0.29) is 24.0 Å². The van der Waals surface area contributed by atoms with Crippen molar-refractivity contribution >= 4 is 15.8 Å². The topological polar surface area (TPSA) is 82.1 Å². The van der Waals surface area contributed by atoms with E-state index in [2.05, 4.69) is 16.7 Å². The summed E-state index contributed by atoms with van der Waals surface area (Å²) in [4.78, 5) is 15.2. The molecule has 7 nitrogen and oxygen atoms in total. The molecule has 0 aliphatic carbocycles. The van der Waals surface area contributed by atoms with Crippen molar-refractivity contribution in [2.45, 2.75) is 55.9 Å². The molecule has 2 aromatic carbocycles. The van der Waals surface area contributed by atoms with E-state index in [1.165, 1.54) is 17.7 Å². The highest BCUT2D eigenvalue weighted by Crippen LogP contribution is 2.24. The molecule has 2 aromatic rings. The molecule has 1 aliphatic rings. The first-order chi connectivity index (χ1) is 16.9. The van der Waals surface area contributed by atoms with E-state index in [1.807, 2.05) is 24.3 Å². The molecule has 1 aliphatic heterocycles. The zero-order valence-corrected chi connectivity index (χ0v) is 21.3. The fourth-order valence-electron chi connectivity index (χ4n) is 4.01. The van der Waals surface area contributed by atoms with Gasteiger partial charge < -0.3 is 14.2 Å². The maximum Gasteiger partial charge on any atom is 0.324 e. The minimum atomic E-state index is -3.88. The molecule has 0 spiro atoms. The number of ether oxygens (including phenoxy) is 3. The molecule has 1 fully saturated rings. The molecule has 0 radical (unpaired) electrons. The lowest BCUT2D eigenvalue weighted by Gasteiger charge is -2.32. The summed E-state index contributed by atoms with van der Waals surface area (Å²) >= 11 is 0. The van der Waals surface area contributed by atoms with Gasteiger partial charge in [0, 0.05) is 19.6 Å². The van der Waals surface area contributed by atoms with Gasteiger partial charge in [0.15, 0.2) is 15.1 Å². The smallest absolute Gasteiger partial charge is 0.324 e. The van der Waals surface area contributed by atoms with E-state index in [0.717, 1.165) is 25.4 Å². The molecule has 35 heavy (non-hydrogen) atoms. The van der Waals surface area contributed by atoms with Crippen LogP contribution in [0, 0.1) is 11.8 Å². The van der Waals surface area contributed by atoms with Crippen LogP contribution in [0.25, 0.3) is 0 Å². The van der Waals surface area contributed by atoms with Crippen molar-refractivity contribution < 1.29 is 27.4 Å². The van der Waals surface area contributed by atoms with Crippen molar-refractivity contribution in [1.82, 2.24) is 4.90 Å². The van der Waals surface area contributed by atoms with Gasteiger partial charge in [-0.25, -0.2) is 8.42 Å². The molecular weight excluding hydrogens is 466 g/mol. The summed E-state index contributed by atoms with van der Waals surface area (Å²) in [6.07, 6.45) is 1.20. The Bertz CT molecular complexity index is 1120. The lowest BCUT2D eigenvalue weighted by Crippen LogP contribution is -2.40. The number of benzene rings is 2. The van der Waals surface area contributed by atoms with Crippen molar-refractivity contribution in [3.8, 4) is 23.3 Å². The Morgan fingerprint density at radius 3 is 2.26 bits per heavy atom. The van der Waals surface area contributed by atoms with E-state index < -0.39 is 21.1 Å². The zero-order valence-electron chi connectivity index (χ0n) is 20.5. The normalized spacial score (nSPS) is 15.5. The second kappa shape index (κ2) is 12.6. The fourth-order valence-corrected chi connectivity index (χ4v) is 5.60. The number of rotatable bonds is 10. The van der Waals surface area contributed by atoms with E-state index in [4.69, 9.17) is 14.2 Å². The summed E-state index contributed by atoms with van der Waals surface area (Å²) < 4.78 is 42.6. The fraction of sp³-hybridized carbons (Fsp3) is 0.444. The molecule has 8 heteroatoms. The highest BCUT2D eigenvalue weighted by Gasteiger charge is 2.35. The summed E-state index contributed by atoms with van der Waals surface area (Å²) in [5, 5.41) is -1.24. The van der Waals surface area contributed by atoms with Crippen LogP contribution >= 0.6 is 0 Å². The number of sulfone groups is 1.